The van der Waals surface area contributed by atoms with Crippen LogP contribution in [0.5, 0.6) is 5.75 Å². The van der Waals surface area contributed by atoms with Crippen LogP contribution in [0.1, 0.15) is 18.4 Å². The van der Waals surface area contributed by atoms with Gasteiger partial charge in [0.05, 0.1) is 12.0 Å². The zero-order valence-electron chi connectivity index (χ0n) is 17.7. The summed E-state index contributed by atoms with van der Waals surface area (Å²) in [5, 5.41) is 3.59. The first kappa shape index (κ1) is 22.0. The number of carbonyl (C=O) groups is 1. The minimum absolute atomic E-state index is 0.0625. The van der Waals surface area contributed by atoms with E-state index in [-0.39, 0.29) is 35.4 Å². The third kappa shape index (κ3) is 4.68. The maximum atomic E-state index is 13.1. The Labute approximate surface area is 186 Å². The number of benzene rings is 2. The predicted molar refractivity (Wildman–Crippen MR) is 121 cm³/mol. The SMILES string of the molecule is COc1ccc(CNC(=O)C2CCN(S(=O)(=O)c3ccc4[nH]c(=O)ccc4c3)CC2)cc1. The first-order valence-electron chi connectivity index (χ1n) is 10.4. The molecule has 0 radical (unpaired) electrons. The van der Waals surface area contributed by atoms with Crippen LogP contribution in [0.4, 0.5) is 0 Å². The van der Waals surface area contributed by atoms with Gasteiger partial charge in [-0.2, -0.15) is 4.31 Å². The van der Waals surface area contributed by atoms with Crippen LogP contribution in [0, 0.1) is 5.92 Å². The highest BCUT2D eigenvalue weighted by Crippen LogP contribution is 2.26. The average molecular weight is 456 g/mol. The number of methoxy groups -OCH3 is 1. The summed E-state index contributed by atoms with van der Waals surface area (Å²) < 4.78 is 32.7. The van der Waals surface area contributed by atoms with E-state index < -0.39 is 10.0 Å². The zero-order valence-corrected chi connectivity index (χ0v) is 18.5. The number of piperidine rings is 1. The number of aromatic nitrogens is 1. The van der Waals surface area contributed by atoms with Crippen molar-refractivity contribution in [2.45, 2.75) is 24.3 Å². The second-order valence-corrected chi connectivity index (χ2v) is 9.75. The number of carbonyl (C=O) groups excluding carboxylic acids is 1. The normalized spacial score (nSPS) is 15.5. The van der Waals surface area contributed by atoms with E-state index in [2.05, 4.69) is 10.3 Å². The molecular formula is C23H25N3O5S. The lowest BCUT2D eigenvalue weighted by Crippen LogP contribution is -2.42. The number of pyridine rings is 1. The number of amides is 1. The van der Waals surface area contributed by atoms with E-state index in [1.807, 2.05) is 24.3 Å². The van der Waals surface area contributed by atoms with Crippen molar-refractivity contribution in [3.63, 3.8) is 0 Å². The average Bonchev–Trinajstić information content (AvgIpc) is 2.82. The first-order chi connectivity index (χ1) is 15.4. The number of nitrogens with one attached hydrogen (secondary N) is 2. The molecule has 1 aliphatic heterocycles. The predicted octanol–water partition coefficient (Wildman–Crippen LogP) is 2.25. The first-order valence-corrected chi connectivity index (χ1v) is 11.8. The second-order valence-electron chi connectivity index (χ2n) is 7.82. The largest absolute Gasteiger partial charge is 0.497 e. The number of fused-ring (bicyclic) bond motifs is 1. The number of H-pyrrole nitrogens is 1. The van der Waals surface area contributed by atoms with Gasteiger partial charge in [0.2, 0.25) is 21.5 Å². The molecule has 0 atom stereocenters. The van der Waals surface area contributed by atoms with E-state index in [0.29, 0.717) is 30.3 Å². The fraction of sp³-hybridized carbons (Fsp3) is 0.304. The number of hydrogen-bond donors (Lipinski definition) is 2. The molecule has 1 saturated heterocycles. The van der Waals surface area contributed by atoms with Gasteiger partial charge in [-0.15, -0.1) is 0 Å². The van der Waals surface area contributed by atoms with Gasteiger partial charge >= 0.3 is 0 Å². The third-order valence-electron chi connectivity index (χ3n) is 5.78. The summed E-state index contributed by atoms with van der Waals surface area (Å²) in [6, 6.07) is 15.1. The molecule has 4 rings (SSSR count). The number of hydrogen-bond acceptors (Lipinski definition) is 5. The molecule has 0 aliphatic carbocycles. The molecule has 3 aromatic rings. The Kier molecular flexibility index (Phi) is 6.29. The Hall–Kier alpha value is -3.17. The van der Waals surface area contributed by atoms with E-state index in [9.17, 15) is 18.0 Å². The molecule has 0 bridgehead atoms. The van der Waals surface area contributed by atoms with E-state index >= 15 is 0 Å². The molecule has 0 unspecified atom stereocenters. The molecule has 1 fully saturated rings. The van der Waals surface area contributed by atoms with Gasteiger partial charge in [-0.1, -0.05) is 12.1 Å². The Bertz CT molecular complexity index is 1280. The van der Waals surface area contributed by atoms with Gasteiger partial charge in [0.1, 0.15) is 5.75 Å². The molecule has 2 N–H and O–H groups in total. The number of rotatable bonds is 6. The van der Waals surface area contributed by atoms with Crippen molar-refractivity contribution >= 4 is 26.8 Å². The van der Waals surface area contributed by atoms with Crippen LogP contribution >= 0.6 is 0 Å². The lowest BCUT2D eigenvalue weighted by atomic mass is 9.97. The van der Waals surface area contributed by atoms with Crippen molar-refractivity contribution in [3.05, 3.63) is 70.5 Å². The molecule has 168 valence electrons. The van der Waals surface area contributed by atoms with Crippen LogP contribution in [-0.4, -0.2) is 43.8 Å². The minimum atomic E-state index is -3.68. The standard InChI is InChI=1S/C23H25N3O5S/c1-31-19-5-2-16(3-6-19)15-24-23(28)17-10-12-26(13-11-17)32(29,30)20-7-8-21-18(14-20)4-9-22(27)25-21/h2-9,14,17H,10-13,15H2,1H3,(H,24,28)(H,25,27). The summed E-state index contributed by atoms with van der Waals surface area (Å²) in [5.41, 5.74) is 1.32. The van der Waals surface area contributed by atoms with Gasteiger partial charge in [-0.05, 0) is 60.2 Å². The fourth-order valence-corrected chi connectivity index (χ4v) is 5.38. The quantitative estimate of drug-likeness (QED) is 0.593. The Morgan fingerprint density at radius 2 is 1.81 bits per heavy atom. The van der Waals surface area contributed by atoms with Crippen LogP contribution in [-0.2, 0) is 21.4 Å². The number of nitrogens with zero attached hydrogens (tertiary/aromatic N) is 1. The Balaban J connectivity index is 1.36. The van der Waals surface area contributed by atoms with Crippen LogP contribution in [0.25, 0.3) is 10.9 Å². The van der Waals surface area contributed by atoms with Crippen molar-refractivity contribution in [1.29, 1.82) is 0 Å². The smallest absolute Gasteiger partial charge is 0.248 e. The second kappa shape index (κ2) is 9.13. The topological polar surface area (TPSA) is 109 Å². The van der Waals surface area contributed by atoms with Gasteiger partial charge in [0.15, 0.2) is 0 Å². The Morgan fingerprint density at radius 3 is 2.50 bits per heavy atom. The van der Waals surface area contributed by atoms with E-state index in [4.69, 9.17) is 4.74 Å². The number of sulfonamides is 1. The fourth-order valence-electron chi connectivity index (χ4n) is 3.88. The maximum absolute atomic E-state index is 13.1. The van der Waals surface area contributed by atoms with Crippen molar-refractivity contribution in [2.24, 2.45) is 5.92 Å². The van der Waals surface area contributed by atoms with Crippen molar-refractivity contribution in [3.8, 4) is 5.75 Å². The molecule has 0 spiro atoms. The molecule has 1 aromatic heterocycles. The van der Waals surface area contributed by atoms with Crippen LogP contribution in [0.3, 0.4) is 0 Å². The van der Waals surface area contributed by atoms with E-state index in [1.165, 1.54) is 16.4 Å². The summed E-state index contributed by atoms with van der Waals surface area (Å²) in [7, 11) is -2.07. The van der Waals surface area contributed by atoms with Gasteiger partial charge in [0.25, 0.3) is 0 Å². The molecule has 9 heteroatoms. The van der Waals surface area contributed by atoms with Crippen molar-refractivity contribution in [2.75, 3.05) is 20.2 Å². The van der Waals surface area contributed by atoms with E-state index in [1.54, 1.807) is 25.3 Å². The van der Waals surface area contributed by atoms with Gasteiger partial charge in [0, 0.05) is 37.1 Å². The summed E-state index contributed by atoms with van der Waals surface area (Å²) in [6.45, 7) is 0.986. The van der Waals surface area contributed by atoms with Gasteiger partial charge < -0.3 is 15.0 Å². The lowest BCUT2D eigenvalue weighted by Gasteiger charge is -2.30. The van der Waals surface area contributed by atoms with Crippen LogP contribution < -0.4 is 15.6 Å². The molecule has 2 heterocycles. The van der Waals surface area contributed by atoms with Crippen LogP contribution in [0.2, 0.25) is 0 Å². The third-order valence-corrected chi connectivity index (χ3v) is 7.68. The van der Waals surface area contributed by atoms with Gasteiger partial charge in [-0.25, -0.2) is 8.42 Å². The minimum Gasteiger partial charge on any atom is -0.497 e. The highest BCUT2D eigenvalue weighted by Gasteiger charge is 2.32. The summed E-state index contributed by atoms with van der Waals surface area (Å²) >= 11 is 0. The monoisotopic (exact) mass is 455 g/mol. The van der Waals surface area contributed by atoms with E-state index in [0.717, 1.165) is 11.3 Å². The maximum Gasteiger partial charge on any atom is 0.248 e. The summed E-state index contributed by atoms with van der Waals surface area (Å²) in [6.07, 6.45) is 0.934. The Morgan fingerprint density at radius 1 is 1.09 bits per heavy atom. The summed E-state index contributed by atoms with van der Waals surface area (Å²) in [5.74, 6) is 0.474. The van der Waals surface area contributed by atoms with Crippen molar-refractivity contribution < 1.29 is 17.9 Å². The highest BCUT2D eigenvalue weighted by molar-refractivity contribution is 7.89. The molecule has 1 aliphatic rings. The molecule has 0 saturated carbocycles. The van der Waals surface area contributed by atoms with Crippen LogP contribution in [0.15, 0.2) is 64.3 Å². The zero-order chi connectivity index (χ0) is 22.7. The number of ether oxygens (including phenoxy) is 1. The lowest BCUT2D eigenvalue weighted by molar-refractivity contribution is -0.126. The molecule has 32 heavy (non-hydrogen) atoms. The summed E-state index contributed by atoms with van der Waals surface area (Å²) in [4.78, 5) is 26.9. The highest BCUT2D eigenvalue weighted by atomic mass is 32.2. The number of aromatic amines is 1. The molecule has 8 nitrogen and oxygen atoms in total. The van der Waals surface area contributed by atoms with Crippen molar-refractivity contribution in [1.82, 2.24) is 14.6 Å². The molecule has 1 amide bonds. The van der Waals surface area contributed by atoms with Gasteiger partial charge in [-0.3, -0.25) is 9.59 Å². The molecule has 2 aromatic carbocycles. The molecular weight excluding hydrogens is 430 g/mol.